The quantitative estimate of drug-likeness (QED) is 0.696. The van der Waals surface area contributed by atoms with Crippen molar-refractivity contribution in [2.75, 3.05) is 38.5 Å². The summed E-state index contributed by atoms with van der Waals surface area (Å²) in [5.41, 5.74) is 0.702. The van der Waals surface area contributed by atoms with Gasteiger partial charge in [-0.3, -0.25) is 4.79 Å². The summed E-state index contributed by atoms with van der Waals surface area (Å²) < 4.78 is 15.8. The third-order valence-corrected chi connectivity index (χ3v) is 3.85. The zero-order valence-corrected chi connectivity index (χ0v) is 16.3. The molecule has 0 fully saturated rings. The molecule has 146 valence electrons. The minimum absolute atomic E-state index is 0.207. The van der Waals surface area contributed by atoms with Crippen LogP contribution in [0, 0.1) is 5.92 Å². The van der Waals surface area contributed by atoms with Crippen LogP contribution in [0.2, 0.25) is 0 Å². The number of ether oxygens (including phenoxy) is 3. The van der Waals surface area contributed by atoms with E-state index in [2.05, 4.69) is 34.7 Å². The minimum Gasteiger partial charge on any atom is -0.493 e. The SMILES string of the molecule is COc1cc(NC(=O)c2ccc(NCCC(C)C)nn2)cc(OC)c1OC. The van der Waals surface area contributed by atoms with Gasteiger partial charge in [0.25, 0.3) is 5.91 Å². The van der Waals surface area contributed by atoms with Crippen LogP contribution in [-0.4, -0.2) is 44.0 Å². The Labute approximate surface area is 159 Å². The number of carbonyl (C=O) groups excluding carboxylic acids is 1. The Morgan fingerprint density at radius 2 is 1.70 bits per heavy atom. The second-order valence-corrected chi connectivity index (χ2v) is 6.28. The first-order chi connectivity index (χ1) is 13.0. The van der Waals surface area contributed by atoms with Crippen LogP contribution in [0.3, 0.4) is 0 Å². The molecule has 8 heteroatoms. The molecule has 2 aromatic rings. The van der Waals surface area contributed by atoms with Crippen LogP contribution in [-0.2, 0) is 0 Å². The molecule has 0 aliphatic carbocycles. The van der Waals surface area contributed by atoms with E-state index >= 15 is 0 Å². The first-order valence-electron chi connectivity index (χ1n) is 8.67. The summed E-state index contributed by atoms with van der Waals surface area (Å²) in [5.74, 6) is 2.21. The zero-order valence-electron chi connectivity index (χ0n) is 16.3. The van der Waals surface area contributed by atoms with E-state index in [1.165, 1.54) is 21.3 Å². The Kier molecular flexibility index (Phi) is 7.22. The van der Waals surface area contributed by atoms with Crippen LogP contribution >= 0.6 is 0 Å². The molecule has 0 unspecified atom stereocenters. The van der Waals surface area contributed by atoms with Crippen LogP contribution in [0.4, 0.5) is 11.5 Å². The molecule has 2 N–H and O–H groups in total. The van der Waals surface area contributed by atoms with Crippen LogP contribution in [0.5, 0.6) is 17.2 Å². The van der Waals surface area contributed by atoms with Crippen LogP contribution in [0.25, 0.3) is 0 Å². The Bertz CT molecular complexity index is 738. The Hall–Kier alpha value is -3.03. The van der Waals surface area contributed by atoms with E-state index in [4.69, 9.17) is 14.2 Å². The molecule has 0 spiro atoms. The molecule has 0 aliphatic rings. The number of rotatable bonds is 9. The molecule has 0 saturated heterocycles. The largest absolute Gasteiger partial charge is 0.493 e. The lowest BCUT2D eigenvalue weighted by Gasteiger charge is -2.14. The third kappa shape index (κ3) is 5.47. The van der Waals surface area contributed by atoms with E-state index in [1.807, 2.05) is 0 Å². The predicted octanol–water partition coefficient (Wildman–Crippen LogP) is 3.21. The molecule has 0 atom stereocenters. The van der Waals surface area contributed by atoms with Crippen molar-refractivity contribution in [2.24, 2.45) is 5.92 Å². The van der Waals surface area contributed by atoms with Gasteiger partial charge in [0.05, 0.1) is 21.3 Å². The molecule has 27 heavy (non-hydrogen) atoms. The number of benzene rings is 1. The maximum Gasteiger partial charge on any atom is 0.276 e. The van der Waals surface area contributed by atoms with Crippen molar-refractivity contribution >= 4 is 17.4 Å². The fraction of sp³-hybridized carbons (Fsp3) is 0.421. The van der Waals surface area contributed by atoms with Gasteiger partial charge in [0.2, 0.25) is 5.75 Å². The van der Waals surface area contributed by atoms with Crippen LogP contribution in [0.1, 0.15) is 30.8 Å². The molecular weight excluding hydrogens is 348 g/mol. The van der Waals surface area contributed by atoms with E-state index < -0.39 is 0 Å². The normalized spacial score (nSPS) is 10.4. The summed E-state index contributed by atoms with van der Waals surface area (Å²) in [6.07, 6.45) is 1.03. The fourth-order valence-electron chi connectivity index (χ4n) is 2.38. The van der Waals surface area contributed by atoms with E-state index in [-0.39, 0.29) is 11.6 Å². The molecule has 0 aliphatic heterocycles. The fourth-order valence-corrected chi connectivity index (χ4v) is 2.38. The van der Waals surface area contributed by atoms with Gasteiger partial charge in [0.1, 0.15) is 5.82 Å². The molecule has 1 aromatic heterocycles. The number of anilines is 2. The summed E-state index contributed by atoms with van der Waals surface area (Å²) >= 11 is 0. The molecule has 8 nitrogen and oxygen atoms in total. The Morgan fingerprint density at radius 3 is 2.19 bits per heavy atom. The molecule has 0 bridgehead atoms. The number of amides is 1. The lowest BCUT2D eigenvalue weighted by Crippen LogP contribution is -2.15. The van der Waals surface area contributed by atoms with Gasteiger partial charge in [-0.2, -0.15) is 0 Å². The van der Waals surface area contributed by atoms with Gasteiger partial charge in [-0.05, 0) is 24.5 Å². The van der Waals surface area contributed by atoms with Gasteiger partial charge in [0, 0.05) is 24.4 Å². The lowest BCUT2D eigenvalue weighted by molar-refractivity contribution is 0.102. The molecule has 0 saturated carbocycles. The maximum atomic E-state index is 12.4. The highest BCUT2D eigenvalue weighted by Gasteiger charge is 2.16. The number of nitrogens with one attached hydrogen (secondary N) is 2. The van der Waals surface area contributed by atoms with Gasteiger partial charge in [0.15, 0.2) is 17.2 Å². The molecule has 0 radical (unpaired) electrons. The van der Waals surface area contributed by atoms with Crippen molar-refractivity contribution < 1.29 is 19.0 Å². The zero-order chi connectivity index (χ0) is 19.8. The number of hydrogen-bond acceptors (Lipinski definition) is 7. The maximum absolute atomic E-state index is 12.4. The molecule has 1 amide bonds. The number of aromatic nitrogens is 2. The second-order valence-electron chi connectivity index (χ2n) is 6.28. The highest BCUT2D eigenvalue weighted by Crippen LogP contribution is 2.39. The molecule has 1 heterocycles. The van der Waals surface area contributed by atoms with Crippen LogP contribution < -0.4 is 24.8 Å². The van der Waals surface area contributed by atoms with Gasteiger partial charge >= 0.3 is 0 Å². The van der Waals surface area contributed by atoms with E-state index in [0.29, 0.717) is 34.7 Å². The van der Waals surface area contributed by atoms with E-state index in [1.54, 1.807) is 24.3 Å². The highest BCUT2D eigenvalue weighted by atomic mass is 16.5. The second kappa shape index (κ2) is 9.61. The van der Waals surface area contributed by atoms with Crippen LogP contribution in [0.15, 0.2) is 24.3 Å². The summed E-state index contributed by atoms with van der Waals surface area (Å²) in [4.78, 5) is 12.4. The number of nitrogens with zero attached hydrogens (tertiary/aromatic N) is 2. The van der Waals surface area contributed by atoms with Gasteiger partial charge in [-0.25, -0.2) is 0 Å². The standard InChI is InChI=1S/C19H26N4O4/c1-12(2)8-9-20-17-7-6-14(22-23-17)19(24)21-13-10-15(25-3)18(27-5)16(11-13)26-4/h6-7,10-12H,8-9H2,1-5H3,(H,20,23)(H,21,24). The first-order valence-corrected chi connectivity index (χ1v) is 8.67. The minimum atomic E-state index is -0.384. The smallest absolute Gasteiger partial charge is 0.276 e. The van der Waals surface area contributed by atoms with Gasteiger partial charge < -0.3 is 24.8 Å². The Morgan fingerprint density at radius 1 is 1.04 bits per heavy atom. The van der Waals surface area contributed by atoms with E-state index in [9.17, 15) is 4.79 Å². The third-order valence-electron chi connectivity index (χ3n) is 3.85. The summed E-state index contributed by atoms with van der Waals surface area (Å²) in [6, 6.07) is 6.65. The van der Waals surface area contributed by atoms with Crippen molar-refractivity contribution in [2.45, 2.75) is 20.3 Å². The Balaban J connectivity index is 2.08. The molecule has 1 aromatic carbocycles. The first kappa shape index (κ1) is 20.3. The van der Waals surface area contributed by atoms with Crippen molar-refractivity contribution in [3.63, 3.8) is 0 Å². The number of carbonyl (C=O) groups is 1. The van der Waals surface area contributed by atoms with Gasteiger partial charge in [-0.15, -0.1) is 10.2 Å². The number of methoxy groups -OCH3 is 3. The van der Waals surface area contributed by atoms with E-state index in [0.717, 1.165) is 13.0 Å². The van der Waals surface area contributed by atoms with Crippen molar-refractivity contribution in [1.29, 1.82) is 0 Å². The van der Waals surface area contributed by atoms with Gasteiger partial charge in [-0.1, -0.05) is 13.8 Å². The summed E-state index contributed by atoms with van der Waals surface area (Å²) in [6.45, 7) is 5.12. The molecular formula is C19H26N4O4. The number of hydrogen-bond donors (Lipinski definition) is 2. The molecule has 2 rings (SSSR count). The average Bonchev–Trinajstić information content (AvgIpc) is 2.67. The van der Waals surface area contributed by atoms with Crippen molar-refractivity contribution in [1.82, 2.24) is 10.2 Å². The highest BCUT2D eigenvalue weighted by molar-refractivity contribution is 6.03. The van der Waals surface area contributed by atoms with Crippen molar-refractivity contribution in [3.8, 4) is 17.2 Å². The summed E-state index contributed by atoms with van der Waals surface area (Å²) in [5, 5.41) is 14.0. The average molecular weight is 374 g/mol. The topological polar surface area (TPSA) is 94.6 Å². The predicted molar refractivity (Wildman–Crippen MR) is 104 cm³/mol. The summed E-state index contributed by atoms with van der Waals surface area (Å²) in [7, 11) is 4.55. The monoisotopic (exact) mass is 374 g/mol. The van der Waals surface area contributed by atoms with Crippen molar-refractivity contribution in [3.05, 3.63) is 30.0 Å². The lowest BCUT2D eigenvalue weighted by atomic mass is 10.1.